The van der Waals surface area contributed by atoms with Crippen molar-refractivity contribution < 1.29 is 19.4 Å². The average Bonchev–Trinajstić information content (AvgIpc) is 2.42. The molecular formula is C15H28N2O4. The molecule has 1 heterocycles. The predicted molar refractivity (Wildman–Crippen MR) is 79.8 cm³/mol. The zero-order valence-electron chi connectivity index (χ0n) is 13.5. The zero-order chi connectivity index (χ0) is 16.0. The molecule has 2 N–H and O–H groups in total. The first kappa shape index (κ1) is 17.8. The molecule has 1 rings (SSSR count). The number of aliphatic hydroxyl groups excluding tert-OH is 1. The summed E-state index contributed by atoms with van der Waals surface area (Å²) in [7, 11) is 1.36. The third-order valence-electron chi connectivity index (χ3n) is 3.76. The minimum Gasteiger partial charge on any atom is -0.453 e. The largest absolute Gasteiger partial charge is 0.453 e. The van der Waals surface area contributed by atoms with Crippen LogP contribution in [0.2, 0.25) is 0 Å². The van der Waals surface area contributed by atoms with Crippen LogP contribution < -0.4 is 5.32 Å². The molecule has 0 radical (unpaired) electrons. The van der Waals surface area contributed by atoms with Gasteiger partial charge < -0.3 is 20.1 Å². The van der Waals surface area contributed by atoms with E-state index in [1.54, 1.807) is 4.90 Å². The van der Waals surface area contributed by atoms with Crippen LogP contribution in [-0.4, -0.2) is 54.9 Å². The van der Waals surface area contributed by atoms with Gasteiger partial charge in [-0.2, -0.15) is 0 Å². The van der Waals surface area contributed by atoms with E-state index in [1.165, 1.54) is 7.11 Å². The Hall–Kier alpha value is -1.30. The van der Waals surface area contributed by atoms with E-state index in [0.717, 1.165) is 12.8 Å². The number of carbonyl (C=O) groups excluding carboxylic acids is 2. The number of ether oxygens (including phenoxy) is 1. The fourth-order valence-corrected chi connectivity index (χ4v) is 2.58. The third kappa shape index (κ3) is 5.53. The molecule has 21 heavy (non-hydrogen) atoms. The Morgan fingerprint density at radius 3 is 2.52 bits per heavy atom. The number of hydrogen-bond donors (Lipinski definition) is 2. The summed E-state index contributed by atoms with van der Waals surface area (Å²) in [6.07, 6.45) is 2.01. The Morgan fingerprint density at radius 1 is 1.33 bits per heavy atom. The molecule has 2 unspecified atom stereocenters. The Bertz CT molecular complexity index is 365. The number of amides is 2. The number of rotatable bonds is 4. The van der Waals surface area contributed by atoms with Gasteiger partial charge in [-0.3, -0.25) is 4.79 Å². The summed E-state index contributed by atoms with van der Waals surface area (Å²) in [5.74, 6) is 0.260. The van der Waals surface area contributed by atoms with Crippen LogP contribution in [0.15, 0.2) is 0 Å². The maximum absolute atomic E-state index is 12.1. The topological polar surface area (TPSA) is 78.9 Å². The van der Waals surface area contributed by atoms with Crippen LogP contribution in [0.25, 0.3) is 0 Å². The van der Waals surface area contributed by atoms with Crippen molar-refractivity contribution in [3.63, 3.8) is 0 Å². The molecule has 0 spiro atoms. The summed E-state index contributed by atoms with van der Waals surface area (Å²) < 4.78 is 4.79. The van der Waals surface area contributed by atoms with Crippen molar-refractivity contribution in [1.82, 2.24) is 10.2 Å². The van der Waals surface area contributed by atoms with Gasteiger partial charge in [-0.1, -0.05) is 20.8 Å². The van der Waals surface area contributed by atoms with E-state index in [0.29, 0.717) is 19.5 Å². The highest BCUT2D eigenvalue weighted by Crippen LogP contribution is 2.23. The lowest BCUT2D eigenvalue weighted by Gasteiger charge is -2.38. The average molecular weight is 300 g/mol. The summed E-state index contributed by atoms with van der Waals surface area (Å²) in [6.45, 7) is 6.85. The summed E-state index contributed by atoms with van der Waals surface area (Å²) in [5, 5.41) is 12.0. The molecule has 1 aliphatic rings. The number of methoxy groups -OCH3 is 1. The number of nitrogens with one attached hydrogen (secondary N) is 1. The van der Waals surface area contributed by atoms with Crippen molar-refractivity contribution in [2.75, 3.05) is 26.8 Å². The monoisotopic (exact) mass is 300 g/mol. The molecule has 0 saturated carbocycles. The Balaban J connectivity index is 2.69. The van der Waals surface area contributed by atoms with Crippen molar-refractivity contribution in [3.8, 4) is 0 Å². The van der Waals surface area contributed by atoms with Gasteiger partial charge in [0.05, 0.1) is 7.11 Å². The van der Waals surface area contributed by atoms with Crippen LogP contribution in [0.3, 0.4) is 0 Å². The molecule has 0 aromatic heterocycles. The van der Waals surface area contributed by atoms with Gasteiger partial charge in [0.2, 0.25) is 5.91 Å². The first-order valence-corrected chi connectivity index (χ1v) is 7.52. The third-order valence-corrected chi connectivity index (χ3v) is 3.76. The quantitative estimate of drug-likeness (QED) is 0.822. The second-order valence-electron chi connectivity index (χ2n) is 6.76. The van der Waals surface area contributed by atoms with Crippen LogP contribution >= 0.6 is 0 Å². The van der Waals surface area contributed by atoms with Crippen LogP contribution in [-0.2, 0) is 9.53 Å². The SMILES string of the molecule is COC(=O)N1CC(CCCO)CC(NC(=O)C(C)(C)C)C1. The highest BCUT2D eigenvalue weighted by molar-refractivity contribution is 5.81. The van der Waals surface area contributed by atoms with Crippen molar-refractivity contribution in [2.24, 2.45) is 11.3 Å². The maximum Gasteiger partial charge on any atom is 0.409 e. The van der Waals surface area contributed by atoms with Crippen LogP contribution in [0, 0.1) is 11.3 Å². The molecule has 0 aromatic carbocycles. The van der Waals surface area contributed by atoms with Gasteiger partial charge in [-0.05, 0) is 25.2 Å². The van der Waals surface area contributed by atoms with Crippen LogP contribution in [0.5, 0.6) is 0 Å². The fourth-order valence-electron chi connectivity index (χ4n) is 2.58. The lowest BCUT2D eigenvalue weighted by atomic mass is 9.89. The smallest absolute Gasteiger partial charge is 0.409 e. The van der Waals surface area contributed by atoms with Crippen molar-refractivity contribution in [3.05, 3.63) is 0 Å². The molecule has 2 amide bonds. The summed E-state index contributed by atoms with van der Waals surface area (Å²) in [4.78, 5) is 25.5. The minimum atomic E-state index is -0.450. The van der Waals surface area contributed by atoms with E-state index in [9.17, 15) is 9.59 Å². The fraction of sp³-hybridized carbons (Fsp3) is 0.867. The summed E-state index contributed by atoms with van der Waals surface area (Å²) in [6, 6.07) is -0.0618. The van der Waals surface area contributed by atoms with E-state index in [1.807, 2.05) is 20.8 Å². The summed E-state index contributed by atoms with van der Waals surface area (Å²) in [5.41, 5.74) is -0.450. The van der Waals surface area contributed by atoms with Crippen molar-refractivity contribution in [2.45, 2.75) is 46.1 Å². The molecule has 1 fully saturated rings. The molecule has 1 saturated heterocycles. The van der Waals surface area contributed by atoms with E-state index < -0.39 is 5.41 Å². The van der Waals surface area contributed by atoms with Gasteiger partial charge in [-0.15, -0.1) is 0 Å². The van der Waals surface area contributed by atoms with Crippen molar-refractivity contribution >= 4 is 12.0 Å². The van der Waals surface area contributed by atoms with E-state index in [-0.39, 0.29) is 30.6 Å². The molecule has 0 aromatic rings. The van der Waals surface area contributed by atoms with Gasteiger partial charge >= 0.3 is 6.09 Å². The second kappa shape index (κ2) is 7.64. The Labute approximate surface area is 126 Å². The lowest BCUT2D eigenvalue weighted by molar-refractivity contribution is -0.129. The maximum atomic E-state index is 12.1. The number of carbonyl (C=O) groups is 2. The van der Waals surface area contributed by atoms with Gasteiger partial charge in [0, 0.05) is 31.2 Å². The number of piperidine rings is 1. The van der Waals surface area contributed by atoms with E-state index in [2.05, 4.69) is 5.32 Å². The Kier molecular flexibility index (Phi) is 6.45. The second-order valence-corrected chi connectivity index (χ2v) is 6.76. The lowest BCUT2D eigenvalue weighted by Crippen LogP contribution is -2.54. The van der Waals surface area contributed by atoms with Gasteiger partial charge in [0.15, 0.2) is 0 Å². The normalized spacial score (nSPS) is 22.8. The van der Waals surface area contributed by atoms with Crippen LogP contribution in [0.4, 0.5) is 4.79 Å². The van der Waals surface area contributed by atoms with Gasteiger partial charge in [-0.25, -0.2) is 4.79 Å². The molecule has 1 aliphatic heterocycles. The highest BCUT2D eigenvalue weighted by Gasteiger charge is 2.33. The van der Waals surface area contributed by atoms with E-state index >= 15 is 0 Å². The molecule has 6 nitrogen and oxygen atoms in total. The van der Waals surface area contributed by atoms with Crippen molar-refractivity contribution in [1.29, 1.82) is 0 Å². The molecule has 2 atom stereocenters. The molecule has 0 aliphatic carbocycles. The summed E-state index contributed by atoms with van der Waals surface area (Å²) >= 11 is 0. The van der Waals surface area contributed by atoms with Crippen LogP contribution in [0.1, 0.15) is 40.0 Å². The molecule has 122 valence electrons. The number of hydrogen-bond acceptors (Lipinski definition) is 4. The molecule has 0 bridgehead atoms. The molecular weight excluding hydrogens is 272 g/mol. The number of nitrogens with zero attached hydrogens (tertiary/aromatic N) is 1. The van der Waals surface area contributed by atoms with Gasteiger partial charge in [0.25, 0.3) is 0 Å². The number of likely N-dealkylation sites (tertiary alicyclic amines) is 1. The van der Waals surface area contributed by atoms with E-state index in [4.69, 9.17) is 9.84 Å². The Morgan fingerprint density at radius 2 is 2.00 bits per heavy atom. The predicted octanol–water partition coefficient (Wildman–Crippen LogP) is 1.38. The standard InChI is InChI=1S/C15H28N2O4/c1-15(2,3)13(19)16-12-8-11(6-5-7-18)9-17(10-12)14(20)21-4/h11-12,18H,5-10H2,1-4H3,(H,16,19). The van der Waals surface area contributed by atoms with Gasteiger partial charge in [0.1, 0.15) is 0 Å². The first-order chi connectivity index (χ1) is 9.77. The molecule has 6 heteroatoms. The first-order valence-electron chi connectivity index (χ1n) is 7.52. The highest BCUT2D eigenvalue weighted by atomic mass is 16.5. The zero-order valence-corrected chi connectivity index (χ0v) is 13.5. The minimum absolute atomic E-state index is 0.0138. The number of aliphatic hydroxyl groups is 1.